The van der Waals surface area contributed by atoms with Gasteiger partial charge in [-0.15, -0.1) is 0 Å². The summed E-state index contributed by atoms with van der Waals surface area (Å²) in [5.41, 5.74) is 0. The van der Waals surface area contributed by atoms with E-state index in [1.54, 1.807) is 0 Å². The number of nitrogens with zero attached hydrogens (tertiary/aromatic N) is 1. The molecule has 2 N–H and O–H groups in total. The van der Waals surface area contributed by atoms with Crippen molar-refractivity contribution in [2.45, 2.75) is 219 Å². The van der Waals surface area contributed by atoms with Crippen molar-refractivity contribution in [3.8, 4) is 0 Å². The zero-order valence-corrected chi connectivity index (χ0v) is 31.3. The molecular formula is C40H81NO5. The van der Waals surface area contributed by atoms with Gasteiger partial charge < -0.3 is 24.6 Å². The topological polar surface area (TPSA) is 79.2 Å². The lowest BCUT2D eigenvalue weighted by Crippen LogP contribution is -2.29. The van der Waals surface area contributed by atoms with Crippen LogP contribution >= 0.6 is 0 Å². The van der Waals surface area contributed by atoms with Gasteiger partial charge in [0.25, 0.3) is 0 Å². The average molecular weight is 656 g/mol. The van der Waals surface area contributed by atoms with E-state index in [0.29, 0.717) is 19.6 Å². The van der Waals surface area contributed by atoms with E-state index in [4.69, 9.17) is 9.47 Å². The summed E-state index contributed by atoms with van der Waals surface area (Å²) in [5, 5.41) is 20.1. The summed E-state index contributed by atoms with van der Waals surface area (Å²) >= 11 is 0. The van der Waals surface area contributed by atoms with Gasteiger partial charge in [0.2, 0.25) is 0 Å². The van der Waals surface area contributed by atoms with Crippen molar-refractivity contribution in [3.63, 3.8) is 0 Å². The Balaban J connectivity index is 4.03. The van der Waals surface area contributed by atoms with Crippen molar-refractivity contribution < 1.29 is 24.5 Å². The van der Waals surface area contributed by atoms with Gasteiger partial charge in [0.1, 0.15) is 0 Å². The summed E-state index contributed by atoms with van der Waals surface area (Å²) in [6, 6.07) is 0. The van der Waals surface area contributed by atoms with E-state index in [0.717, 1.165) is 83.7 Å². The molecule has 6 heteroatoms. The van der Waals surface area contributed by atoms with Crippen LogP contribution in [0.15, 0.2) is 0 Å². The highest BCUT2D eigenvalue weighted by Crippen LogP contribution is 2.19. The molecule has 0 fully saturated rings. The highest BCUT2D eigenvalue weighted by atomic mass is 16.6. The molecule has 0 aromatic heterocycles. The minimum absolute atomic E-state index is 0.0859. The molecule has 0 aromatic carbocycles. The smallest absolute Gasteiger partial charge is 0.305 e. The summed E-state index contributed by atoms with van der Waals surface area (Å²) in [6.07, 6.45) is 33.4. The molecule has 6 nitrogen and oxygen atoms in total. The van der Waals surface area contributed by atoms with Gasteiger partial charge in [-0.25, -0.2) is 0 Å². The van der Waals surface area contributed by atoms with E-state index in [-0.39, 0.29) is 18.7 Å². The van der Waals surface area contributed by atoms with E-state index >= 15 is 0 Å². The van der Waals surface area contributed by atoms with Crippen LogP contribution in [-0.2, 0) is 14.3 Å². The van der Waals surface area contributed by atoms with Crippen molar-refractivity contribution in [3.05, 3.63) is 0 Å². The Bertz CT molecular complexity index is 588. The monoisotopic (exact) mass is 656 g/mol. The Morgan fingerprint density at radius 3 is 1.50 bits per heavy atom. The maximum Gasteiger partial charge on any atom is 0.305 e. The SMILES string of the molecule is CCCCCCCCCOC(=O)CCCN(CCO)CCCCCCCC(O)OC(CCCCCCCC)CCCCCCCC. The van der Waals surface area contributed by atoms with Crippen LogP contribution in [0.2, 0.25) is 0 Å². The molecule has 0 aromatic rings. The molecule has 0 rings (SSSR count). The molecule has 1 atom stereocenters. The largest absolute Gasteiger partial charge is 0.466 e. The third-order valence-corrected chi connectivity index (χ3v) is 9.32. The molecule has 46 heavy (non-hydrogen) atoms. The van der Waals surface area contributed by atoms with Crippen molar-refractivity contribution in [1.29, 1.82) is 0 Å². The molecule has 0 saturated heterocycles. The Labute approximate surface area is 287 Å². The number of hydrogen-bond donors (Lipinski definition) is 2. The second-order valence-electron chi connectivity index (χ2n) is 13.9. The molecular weight excluding hydrogens is 574 g/mol. The molecule has 0 saturated carbocycles. The third-order valence-electron chi connectivity index (χ3n) is 9.32. The zero-order chi connectivity index (χ0) is 33.8. The number of unbranched alkanes of at least 4 members (excludes halogenated alkanes) is 20. The molecule has 0 aliphatic rings. The number of aliphatic hydroxyl groups excluding tert-OH is 2. The Morgan fingerprint density at radius 2 is 0.978 bits per heavy atom. The van der Waals surface area contributed by atoms with Gasteiger partial charge >= 0.3 is 5.97 Å². The van der Waals surface area contributed by atoms with Crippen LogP contribution in [0.5, 0.6) is 0 Å². The van der Waals surface area contributed by atoms with Crippen molar-refractivity contribution in [2.75, 3.05) is 32.8 Å². The second-order valence-corrected chi connectivity index (χ2v) is 13.9. The number of rotatable bonds is 38. The molecule has 0 radical (unpaired) electrons. The lowest BCUT2D eigenvalue weighted by molar-refractivity contribution is -0.144. The van der Waals surface area contributed by atoms with E-state index < -0.39 is 6.29 Å². The molecule has 0 aliphatic carbocycles. The number of carbonyl (C=O) groups excluding carboxylic acids is 1. The predicted molar refractivity (Wildman–Crippen MR) is 196 cm³/mol. The maximum absolute atomic E-state index is 12.1. The Kier molecular flexibility index (Phi) is 36.6. The van der Waals surface area contributed by atoms with Crippen molar-refractivity contribution in [1.82, 2.24) is 4.90 Å². The standard InChI is InChI=1S/C40H81NO5/c1-4-7-10-13-16-22-27-37-45-39(43)32-28-34-41(35-36-42)33-26-21-17-20-25-31-40(44)46-38(29-23-18-14-11-8-5-2)30-24-19-15-12-9-6-3/h38,40,42,44H,4-37H2,1-3H3. The van der Waals surface area contributed by atoms with Crippen LogP contribution in [0.4, 0.5) is 0 Å². The van der Waals surface area contributed by atoms with Crippen LogP contribution in [0.1, 0.15) is 207 Å². The summed E-state index contributed by atoms with van der Waals surface area (Å²) < 4.78 is 11.6. The van der Waals surface area contributed by atoms with Gasteiger partial charge in [-0.2, -0.15) is 0 Å². The van der Waals surface area contributed by atoms with E-state index in [1.165, 1.54) is 109 Å². The Hall–Kier alpha value is -0.690. The fourth-order valence-corrected chi connectivity index (χ4v) is 6.30. The average Bonchev–Trinajstić information content (AvgIpc) is 3.04. The Morgan fingerprint density at radius 1 is 0.543 bits per heavy atom. The van der Waals surface area contributed by atoms with Gasteiger partial charge in [0.15, 0.2) is 6.29 Å². The van der Waals surface area contributed by atoms with Crippen LogP contribution < -0.4 is 0 Å². The van der Waals surface area contributed by atoms with Gasteiger partial charge in [0, 0.05) is 13.0 Å². The molecule has 0 spiro atoms. The molecule has 276 valence electrons. The first-order chi connectivity index (χ1) is 22.6. The minimum Gasteiger partial charge on any atom is -0.466 e. The van der Waals surface area contributed by atoms with Gasteiger partial charge in [-0.05, 0) is 58.0 Å². The first kappa shape index (κ1) is 45.3. The van der Waals surface area contributed by atoms with Crippen LogP contribution in [-0.4, -0.2) is 66.3 Å². The lowest BCUT2D eigenvalue weighted by Gasteiger charge is -2.22. The van der Waals surface area contributed by atoms with Crippen LogP contribution in [0, 0.1) is 0 Å². The van der Waals surface area contributed by atoms with E-state index in [9.17, 15) is 15.0 Å². The van der Waals surface area contributed by atoms with E-state index in [2.05, 4.69) is 25.7 Å². The normalized spacial score (nSPS) is 12.4. The molecule has 0 amide bonds. The van der Waals surface area contributed by atoms with Crippen LogP contribution in [0.25, 0.3) is 0 Å². The highest BCUT2D eigenvalue weighted by Gasteiger charge is 2.15. The number of ether oxygens (including phenoxy) is 2. The van der Waals surface area contributed by atoms with Crippen molar-refractivity contribution >= 4 is 5.97 Å². The van der Waals surface area contributed by atoms with Gasteiger partial charge in [-0.3, -0.25) is 4.79 Å². The fourth-order valence-electron chi connectivity index (χ4n) is 6.30. The first-order valence-corrected chi connectivity index (χ1v) is 20.4. The van der Waals surface area contributed by atoms with Crippen LogP contribution in [0.3, 0.4) is 0 Å². The zero-order valence-electron chi connectivity index (χ0n) is 31.3. The summed E-state index contributed by atoms with van der Waals surface area (Å²) in [7, 11) is 0. The summed E-state index contributed by atoms with van der Waals surface area (Å²) in [5.74, 6) is -0.0859. The second kappa shape index (κ2) is 37.1. The predicted octanol–water partition coefficient (Wildman–Crippen LogP) is 10.9. The molecule has 0 heterocycles. The van der Waals surface area contributed by atoms with E-state index in [1.807, 2.05) is 0 Å². The fraction of sp³-hybridized carbons (Fsp3) is 0.975. The number of esters is 1. The number of hydrogen-bond acceptors (Lipinski definition) is 6. The quantitative estimate of drug-likeness (QED) is 0.0391. The third kappa shape index (κ3) is 33.2. The van der Waals surface area contributed by atoms with Gasteiger partial charge in [-0.1, -0.05) is 156 Å². The highest BCUT2D eigenvalue weighted by molar-refractivity contribution is 5.69. The molecule has 1 unspecified atom stereocenters. The number of aliphatic hydroxyl groups is 2. The maximum atomic E-state index is 12.1. The minimum atomic E-state index is -0.632. The molecule has 0 bridgehead atoms. The summed E-state index contributed by atoms with van der Waals surface area (Å²) in [6.45, 7) is 9.91. The lowest BCUT2D eigenvalue weighted by atomic mass is 10.0. The van der Waals surface area contributed by atoms with Gasteiger partial charge in [0.05, 0.1) is 19.3 Å². The molecule has 0 aliphatic heterocycles. The summed E-state index contributed by atoms with van der Waals surface area (Å²) in [4.78, 5) is 14.4. The number of carbonyl (C=O) groups is 1. The van der Waals surface area contributed by atoms with Crippen molar-refractivity contribution in [2.24, 2.45) is 0 Å². The first-order valence-electron chi connectivity index (χ1n) is 20.4.